The van der Waals surface area contributed by atoms with E-state index in [9.17, 15) is 13.2 Å². The van der Waals surface area contributed by atoms with Crippen LogP contribution in [0.25, 0.3) is 0 Å². The number of amides is 1. The second kappa shape index (κ2) is 6.68. The van der Waals surface area contributed by atoms with E-state index in [4.69, 9.17) is 5.11 Å². The molecule has 0 bridgehead atoms. The summed E-state index contributed by atoms with van der Waals surface area (Å²) in [5.41, 5.74) is 1.09. The van der Waals surface area contributed by atoms with Crippen LogP contribution in [0, 0.1) is 0 Å². The lowest BCUT2D eigenvalue weighted by atomic mass is 10.1. The molecule has 0 aliphatic carbocycles. The Morgan fingerprint density at radius 2 is 1.89 bits per heavy atom. The van der Waals surface area contributed by atoms with Gasteiger partial charge in [-0.1, -0.05) is 19.1 Å². The molecule has 0 aliphatic rings. The van der Waals surface area contributed by atoms with Crippen LogP contribution in [0.15, 0.2) is 24.3 Å². The van der Waals surface area contributed by atoms with Crippen molar-refractivity contribution in [3.63, 3.8) is 0 Å². The van der Waals surface area contributed by atoms with Crippen LogP contribution in [0.1, 0.15) is 29.3 Å². The highest BCUT2D eigenvalue weighted by molar-refractivity contribution is 7.89. The topological polar surface area (TPSA) is 83.5 Å². The van der Waals surface area contributed by atoms with Crippen molar-refractivity contribution in [3.8, 4) is 0 Å². The van der Waals surface area contributed by atoms with Crippen LogP contribution in [0.5, 0.6) is 0 Å². The molecule has 0 heterocycles. The van der Waals surface area contributed by atoms with Crippen molar-refractivity contribution in [2.75, 3.05) is 12.9 Å². The predicted octanol–water partition coefficient (Wildman–Crippen LogP) is 0.732. The maximum Gasteiger partial charge on any atom is 0.251 e. The summed E-state index contributed by atoms with van der Waals surface area (Å²) in [6.45, 7) is 1.77. The van der Waals surface area contributed by atoms with Gasteiger partial charge < -0.3 is 10.4 Å². The van der Waals surface area contributed by atoms with E-state index in [2.05, 4.69) is 5.32 Å². The van der Waals surface area contributed by atoms with Crippen molar-refractivity contribution in [2.45, 2.75) is 25.1 Å². The molecule has 0 unspecified atom stereocenters. The zero-order valence-electron chi connectivity index (χ0n) is 11.1. The van der Waals surface area contributed by atoms with Crippen LogP contribution in [0.4, 0.5) is 0 Å². The first-order chi connectivity index (χ1) is 8.85. The molecule has 0 spiro atoms. The Hall–Kier alpha value is -1.40. The SMILES string of the molecule is CC[C@@H](CO)NC(=O)c1ccc(CS(C)(=O)=O)cc1. The molecule has 0 saturated carbocycles. The smallest absolute Gasteiger partial charge is 0.251 e. The van der Waals surface area contributed by atoms with Crippen molar-refractivity contribution in [1.82, 2.24) is 5.32 Å². The number of hydrogen-bond acceptors (Lipinski definition) is 4. The third-order valence-electron chi connectivity index (χ3n) is 2.69. The van der Waals surface area contributed by atoms with E-state index >= 15 is 0 Å². The van der Waals surface area contributed by atoms with Crippen molar-refractivity contribution in [2.24, 2.45) is 0 Å². The lowest BCUT2D eigenvalue weighted by Crippen LogP contribution is -2.36. The van der Waals surface area contributed by atoms with Crippen LogP contribution in [-0.2, 0) is 15.6 Å². The normalized spacial score (nSPS) is 13.0. The molecule has 6 heteroatoms. The molecule has 1 rings (SSSR count). The summed E-state index contributed by atoms with van der Waals surface area (Å²) in [7, 11) is -3.07. The highest BCUT2D eigenvalue weighted by atomic mass is 32.2. The van der Waals surface area contributed by atoms with E-state index in [0.29, 0.717) is 17.5 Å². The first-order valence-electron chi connectivity index (χ1n) is 6.04. The second-order valence-corrected chi connectivity index (χ2v) is 6.67. The minimum Gasteiger partial charge on any atom is -0.394 e. The fourth-order valence-electron chi connectivity index (χ4n) is 1.60. The summed E-state index contributed by atoms with van der Waals surface area (Å²) in [4.78, 5) is 11.8. The van der Waals surface area contributed by atoms with E-state index < -0.39 is 9.84 Å². The van der Waals surface area contributed by atoms with Gasteiger partial charge in [-0.15, -0.1) is 0 Å². The fourth-order valence-corrected chi connectivity index (χ4v) is 2.40. The second-order valence-electron chi connectivity index (χ2n) is 4.53. The summed E-state index contributed by atoms with van der Waals surface area (Å²) < 4.78 is 22.3. The number of aliphatic hydroxyl groups is 1. The van der Waals surface area contributed by atoms with Gasteiger partial charge >= 0.3 is 0 Å². The lowest BCUT2D eigenvalue weighted by Gasteiger charge is -2.14. The number of rotatable bonds is 6. The third-order valence-corrected chi connectivity index (χ3v) is 3.55. The molecule has 0 fully saturated rings. The number of hydrogen-bond donors (Lipinski definition) is 2. The Morgan fingerprint density at radius 3 is 2.32 bits per heavy atom. The van der Waals surface area contributed by atoms with Gasteiger partial charge in [0.05, 0.1) is 18.4 Å². The highest BCUT2D eigenvalue weighted by Gasteiger charge is 2.11. The molecule has 2 N–H and O–H groups in total. The highest BCUT2D eigenvalue weighted by Crippen LogP contribution is 2.08. The molecule has 19 heavy (non-hydrogen) atoms. The molecule has 5 nitrogen and oxygen atoms in total. The third kappa shape index (κ3) is 5.40. The Kier molecular flexibility index (Phi) is 5.50. The summed E-state index contributed by atoms with van der Waals surface area (Å²) >= 11 is 0. The lowest BCUT2D eigenvalue weighted by molar-refractivity contribution is 0.0915. The maximum atomic E-state index is 11.8. The van der Waals surface area contributed by atoms with E-state index in [1.165, 1.54) is 6.26 Å². The molecule has 0 aromatic heterocycles. The van der Waals surface area contributed by atoms with Gasteiger partial charge in [0.1, 0.15) is 0 Å². The molecule has 1 aromatic carbocycles. The minimum absolute atomic E-state index is 0.0386. The molecule has 0 saturated heterocycles. The first-order valence-corrected chi connectivity index (χ1v) is 8.10. The number of carbonyl (C=O) groups excluding carboxylic acids is 1. The quantitative estimate of drug-likeness (QED) is 0.807. The molecular formula is C13H19NO4S. The van der Waals surface area contributed by atoms with Gasteiger partial charge in [0.15, 0.2) is 9.84 Å². The predicted molar refractivity (Wildman–Crippen MR) is 73.6 cm³/mol. The number of benzene rings is 1. The van der Waals surface area contributed by atoms with Crippen molar-refractivity contribution < 1.29 is 18.3 Å². The standard InChI is InChI=1S/C13H19NO4S/c1-3-12(8-15)14-13(16)11-6-4-10(5-7-11)9-19(2,17)18/h4-7,12,15H,3,8-9H2,1-2H3,(H,14,16)/t12-/m0/s1. The van der Waals surface area contributed by atoms with E-state index in [0.717, 1.165) is 0 Å². The van der Waals surface area contributed by atoms with Crippen LogP contribution in [-0.4, -0.2) is 38.3 Å². The van der Waals surface area contributed by atoms with Gasteiger partial charge in [-0.2, -0.15) is 0 Å². The minimum atomic E-state index is -3.07. The summed E-state index contributed by atoms with van der Waals surface area (Å²) in [5, 5.41) is 11.7. The number of sulfone groups is 1. The molecule has 1 aromatic rings. The zero-order chi connectivity index (χ0) is 14.5. The van der Waals surface area contributed by atoms with Crippen LogP contribution in [0.3, 0.4) is 0 Å². The number of aliphatic hydroxyl groups excluding tert-OH is 1. The molecular weight excluding hydrogens is 266 g/mol. The summed E-state index contributed by atoms with van der Waals surface area (Å²) in [6, 6.07) is 6.15. The van der Waals surface area contributed by atoms with Gasteiger partial charge in [0, 0.05) is 11.8 Å². The molecule has 1 amide bonds. The summed E-state index contributed by atoms with van der Waals surface area (Å²) in [6.07, 6.45) is 1.81. The van der Waals surface area contributed by atoms with E-state index in [-0.39, 0.29) is 24.3 Å². The van der Waals surface area contributed by atoms with E-state index in [1.807, 2.05) is 6.92 Å². The van der Waals surface area contributed by atoms with Gasteiger partial charge in [0.2, 0.25) is 0 Å². The van der Waals surface area contributed by atoms with Crippen LogP contribution < -0.4 is 5.32 Å². The fraction of sp³-hybridized carbons (Fsp3) is 0.462. The Labute approximate surface area is 113 Å². The van der Waals surface area contributed by atoms with Crippen molar-refractivity contribution in [1.29, 1.82) is 0 Å². The number of carbonyl (C=O) groups is 1. The van der Waals surface area contributed by atoms with Gasteiger partial charge in [-0.05, 0) is 24.1 Å². The van der Waals surface area contributed by atoms with Gasteiger partial charge in [0.25, 0.3) is 5.91 Å². The molecule has 1 atom stereocenters. The van der Waals surface area contributed by atoms with Gasteiger partial charge in [-0.3, -0.25) is 4.79 Å². The maximum absolute atomic E-state index is 11.8. The van der Waals surface area contributed by atoms with Gasteiger partial charge in [-0.25, -0.2) is 8.42 Å². The summed E-state index contributed by atoms with van der Waals surface area (Å²) in [5.74, 6) is -0.310. The largest absolute Gasteiger partial charge is 0.394 e. The Morgan fingerprint density at radius 1 is 1.32 bits per heavy atom. The van der Waals surface area contributed by atoms with Crippen molar-refractivity contribution in [3.05, 3.63) is 35.4 Å². The average Bonchev–Trinajstić information content (AvgIpc) is 2.34. The zero-order valence-corrected chi connectivity index (χ0v) is 11.9. The van der Waals surface area contributed by atoms with E-state index in [1.54, 1.807) is 24.3 Å². The Bertz CT molecular complexity index is 518. The first kappa shape index (κ1) is 15.7. The van der Waals surface area contributed by atoms with Crippen LogP contribution >= 0.6 is 0 Å². The molecule has 0 radical (unpaired) electrons. The van der Waals surface area contributed by atoms with Crippen molar-refractivity contribution >= 4 is 15.7 Å². The monoisotopic (exact) mass is 285 g/mol. The molecule has 0 aliphatic heterocycles. The molecule has 106 valence electrons. The number of nitrogens with one attached hydrogen (secondary N) is 1. The Balaban J connectivity index is 2.73. The average molecular weight is 285 g/mol. The van der Waals surface area contributed by atoms with Crippen LogP contribution in [0.2, 0.25) is 0 Å².